The molecule has 0 aromatic heterocycles. The maximum absolute atomic E-state index is 2.47. The van der Waals surface area contributed by atoms with Crippen molar-refractivity contribution >= 4 is 0 Å². The van der Waals surface area contributed by atoms with Gasteiger partial charge < -0.3 is 9.80 Å². The molecule has 2 aliphatic rings. The first kappa shape index (κ1) is 9.47. The second kappa shape index (κ2) is 2.96. The van der Waals surface area contributed by atoms with Crippen LogP contribution in [-0.4, -0.2) is 50.1 Å². The van der Waals surface area contributed by atoms with Crippen LogP contribution in [0.3, 0.4) is 0 Å². The lowest BCUT2D eigenvalue weighted by atomic mass is 10.1. The fourth-order valence-electron chi connectivity index (χ4n) is 2.85. The topological polar surface area (TPSA) is 6.48 Å². The molecule has 13 heavy (non-hydrogen) atoms. The van der Waals surface area contributed by atoms with Gasteiger partial charge in [0.05, 0.1) is 0 Å². The second-order valence-electron chi connectivity index (χ2n) is 5.36. The van der Waals surface area contributed by atoms with Crippen molar-refractivity contribution in [2.24, 2.45) is 11.8 Å². The smallest absolute Gasteiger partial charge is 0.0236 e. The van der Waals surface area contributed by atoms with Gasteiger partial charge in [-0.2, -0.15) is 0 Å². The molecule has 0 bridgehead atoms. The third kappa shape index (κ3) is 1.62. The molecule has 2 aliphatic carbocycles. The zero-order chi connectivity index (χ0) is 9.64. The number of rotatable bonds is 4. The Hall–Kier alpha value is -0.0800. The molecule has 0 amide bonds. The van der Waals surface area contributed by atoms with Gasteiger partial charge in [0.1, 0.15) is 0 Å². The van der Waals surface area contributed by atoms with Crippen LogP contribution in [0, 0.1) is 11.8 Å². The number of hydrogen-bond donors (Lipinski definition) is 0. The molecule has 0 N–H and O–H groups in total. The van der Waals surface area contributed by atoms with Crippen molar-refractivity contribution < 1.29 is 0 Å². The Bertz CT molecular complexity index is 194. The van der Waals surface area contributed by atoms with Crippen LogP contribution < -0.4 is 0 Å². The Labute approximate surface area is 81.9 Å². The standard InChI is InChI=1S/C11H22N2/c1-12(2)8-9-7-10(9)11(5-6-11)13(3)4/h9-10H,5-8H2,1-4H3. The molecule has 0 heterocycles. The maximum Gasteiger partial charge on any atom is 0.0236 e. The number of nitrogens with zero attached hydrogens (tertiary/aromatic N) is 2. The molecule has 0 aromatic carbocycles. The Kier molecular flexibility index (Phi) is 2.16. The van der Waals surface area contributed by atoms with E-state index < -0.39 is 0 Å². The number of hydrogen-bond acceptors (Lipinski definition) is 2. The lowest BCUT2D eigenvalue weighted by molar-refractivity contribution is 0.225. The molecular formula is C11H22N2. The summed E-state index contributed by atoms with van der Waals surface area (Å²) in [6.45, 7) is 1.29. The van der Waals surface area contributed by atoms with Crippen molar-refractivity contribution in [1.82, 2.24) is 9.80 Å². The summed E-state index contributed by atoms with van der Waals surface area (Å²) in [5.41, 5.74) is 0.626. The summed E-state index contributed by atoms with van der Waals surface area (Å²) >= 11 is 0. The monoisotopic (exact) mass is 182 g/mol. The Morgan fingerprint density at radius 3 is 2.15 bits per heavy atom. The van der Waals surface area contributed by atoms with Crippen molar-refractivity contribution in [2.75, 3.05) is 34.7 Å². The molecule has 2 rings (SSSR count). The minimum absolute atomic E-state index is 0.626. The highest BCUT2D eigenvalue weighted by atomic mass is 15.2. The average Bonchev–Trinajstić information content (AvgIpc) is 2.72. The fraction of sp³-hybridized carbons (Fsp3) is 1.00. The van der Waals surface area contributed by atoms with Crippen molar-refractivity contribution in [2.45, 2.75) is 24.8 Å². The van der Waals surface area contributed by atoms with E-state index in [2.05, 4.69) is 38.0 Å². The lowest BCUT2D eigenvalue weighted by Gasteiger charge is -2.24. The van der Waals surface area contributed by atoms with Crippen LogP contribution in [0.5, 0.6) is 0 Å². The average molecular weight is 182 g/mol. The Balaban J connectivity index is 1.85. The van der Waals surface area contributed by atoms with E-state index in [1.54, 1.807) is 0 Å². The van der Waals surface area contributed by atoms with Crippen molar-refractivity contribution in [3.63, 3.8) is 0 Å². The highest BCUT2D eigenvalue weighted by Crippen LogP contribution is 2.59. The molecule has 76 valence electrons. The molecule has 0 radical (unpaired) electrons. The minimum Gasteiger partial charge on any atom is -0.309 e. The van der Waals surface area contributed by atoms with Crippen LogP contribution >= 0.6 is 0 Å². The van der Waals surface area contributed by atoms with Crippen LogP contribution in [0.2, 0.25) is 0 Å². The fourth-order valence-corrected chi connectivity index (χ4v) is 2.85. The van der Waals surface area contributed by atoms with Gasteiger partial charge in [0.25, 0.3) is 0 Å². The highest BCUT2D eigenvalue weighted by Gasteiger charge is 2.60. The summed E-state index contributed by atoms with van der Waals surface area (Å²) in [6, 6.07) is 0. The van der Waals surface area contributed by atoms with E-state index in [0.717, 1.165) is 11.8 Å². The van der Waals surface area contributed by atoms with E-state index in [4.69, 9.17) is 0 Å². The molecule has 2 saturated carbocycles. The first-order chi connectivity index (χ1) is 6.06. The van der Waals surface area contributed by atoms with Crippen LogP contribution in [-0.2, 0) is 0 Å². The van der Waals surface area contributed by atoms with Crippen LogP contribution in [0.25, 0.3) is 0 Å². The SMILES string of the molecule is CN(C)CC1CC1C1(N(C)C)CC1. The summed E-state index contributed by atoms with van der Waals surface area (Å²) in [6.07, 6.45) is 4.35. The van der Waals surface area contributed by atoms with E-state index in [0.29, 0.717) is 5.54 Å². The Morgan fingerprint density at radius 2 is 1.77 bits per heavy atom. The first-order valence-corrected chi connectivity index (χ1v) is 5.38. The van der Waals surface area contributed by atoms with Gasteiger partial charge in [-0.05, 0) is 59.3 Å². The molecule has 2 fully saturated rings. The molecule has 2 unspecified atom stereocenters. The molecule has 2 atom stereocenters. The molecular weight excluding hydrogens is 160 g/mol. The quantitative estimate of drug-likeness (QED) is 0.646. The summed E-state index contributed by atoms with van der Waals surface area (Å²) in [7, 11) is 8.87. The largest absolute Gasteiger partial charge is 0.309 e. The zero-order valence-corrected chi connectivity index (χ0v) is 9.38. The summed E-state index contributed by atoms with van der Waals surface area (Å²) < 4.78 is 0. The molecule has 2 heteroatoms. The van der Waals surface area contributed by atoms with E-state index in [1.165, 1.54) is 25.8 Å². The van der Waals surface area contributed by atoms with Gasteiger partial charge in [-0.15, -0.1) is 0 Å². The van der Waals surface area contributed by atoms with E-state index in [1.807, 2.05) is 0 Å². The van der Waals surface area contributed by atoms with Crippen molar-refractivity contribution in [1.29, 1.82) is 0 Å². The molecule has 0 spiro atoms. The third-order valence-corrected chi connectivity index (χ3v) is 3.87. The van der Waals surface area contributed by atoms with E-state index >= 15 is 0 Å². The van der Waals surface area contributed by atoms with Gasteiger partial charge in [0.15, 0.2) is 0 Å². The van der Waals surface area contributed by atoms with Crippen LogP contribution in [0.4, 0.5) is 0 Å². The molecule has 0 aromatic rings. The summed E-state index contributed by atoms with van der Waals surface area (Å²) in [4.78, 5) is 4.80. The van der Waals surface area contributed by atoms with Gasteiger partial charge in [-0.1, -0.05) is 0 Å². The first-order valence-electron chi connectivity index (χ1n) is 5.38. The summed E-state index contributed by atoms with van der Waals surface area (Å²) in [5.74, 6) is 1.99. The van der Waals surface area contributed by atoms with E-state index in [-0.39, 0.29) is 0 Å². The predicted molar refractivity (Wildman–Crippen MR) is 55.8 cm³/mol. The highest BCUT2D eigenvalue weighted by molar-refractivity contribution is 5.14. The van der Waals surface area contributed by atoms with Gasteiger partial charge in [-0.3, -0.25) is 0 Å². The molecule has 0 saturated heterocycles. The van der Waals surface area contributed by atoms with Gasteiger partial charge in [0, 0.05) is 12.1 Å². The predicted octanol–water partition coefficient (Wildman–Crippen LogP) is 1.28. The third-order valence-electron chi connectivity index (χ3n) is 3.87. The normalized spacial score (nSPS) is 35.5. The van der Waals surface area contributed by atoms with Gasteiger partial charge in [0.2, 0.25) is 0 Å². The lowest BCUT2D eigenvalue weighted by Crippen LogP contribution is -2.33. The van der Waals surface area contributed by atoms with Crippen molar-refractivity contribution in [3.8, 4) is 0 Å². The van der Waals surface area contributed by atoms with Gasteiger partial charge >= 0.3 is 0 Å². The van der Waals surface area contributed by atoms with Crippen LogP contribution in [0.15, 0.2) is 0 Å². The maximum atomic E-state index is 2.47. The van der Waals surface area contributed by atoms with E-state index in [9.17, 15) is 0 Å². The minimum atomic E-state index is 0.626. The van der Waals surface area contributed by atoms with Crippen molar-refractivity contribution in [3.05, 3.63) is 0 Å². The zero-order valence-electron chi connectivity index (χ0n) is 9.38. The Morgan fingerprint density at radius 1 is 1.15 bits per heavy atom. The molecule has 2 nitrogen and oxygen atoms in total. The van der Waals surface area contributed by atoms with Crippen LogP contribution in [0.1, 0.15) is 19.3 Å². The second-order valence-corrected chi connectivity index (χ2v) is 5.36. The van der Waals surface area contributed by atoms with Gasteiger partial charge in [-0.25, -0.2) is 0 Å². The molecule has 0 aliphatic heterocycles. The summed E-state index contributed by atoms with van der Waals surface area (Å²) in [5, 5.41) is 0.